The maximum absolute atomic E-state index is 10.9. The largest absolute Gasteiger partial charge is 0.351 e. The first-order chi connectivity index (χ1) is 6.16. The number of rotatable bonds is 6. The van der Waals surface area contributed by atoms with Gasteiger partial charge in [-0.3, -0.25) is 10.1 Å². The van der Waals surface area contributed by atoms with Gasteiger partial charge >= 0.3 is 6.03 Å². The molecule has 0 bridgehead atoms. The third-order valence-corrected chi connectivity index (χ3v) is 1.77. The Balaban J connectivity index is 3.22. The molecule has 3 N–H and O–H groups in total. The summed E-state index contributed by atoms with van der Waals surface area (Å²) in [7, 11) is 0. The van der Waals surface area contributed by atoms with Gasteiger partial charge in [0.05, 0.1) is 0 Å². The van der Waals surface area contributed by atoms with Gasteiger partial charge in [-0.2, -0.15) is 0 Å². The van der Waals surface area contributed by atoms with Crippen molar-refractivity contribution in [3.8, 4) is 0 Å². The molecule has 0 aromatic carbocycles. The second kappa shape index (κ2) is 7.58. The number of carbonyl (C=O) groups is 2. The van der Waals surface area contributed by atoms with E-state index in [2.05, 4.69) is 6.92 Å². The van der Waals surface area contributed by atoms with Crippen molar-refractivity contribution in [3.05, 3.63) is 0 Å². The normalized spacial score (nSPS) is 9.62. The first kappa shape index (κ1) is 11.9. The van der Waals surface area contributed by atoms with Crippen molar-refractivity contribution in [2.45, 2.75) is 45.4 Å². The van der Waals surface area contributed by atoms with Gasteiger partial charge < -0.3 is 5.73 Å². The molecule has 0 fully saturated rings. The van der Waals surface area contributed by atoms with E-state index >= 15 is 0 Å². The van der Waals surface area contributed by atoms with Crippen molar-refractivity contribution in [2.24, 2.45) is 5.73 Å². The second-order valence-corrected chi connectivity index (χ2v) is 3.08. The fourth-order valence-electron chi connectivity index (χ4n) is 1.09. The molecule has 0 spiro atoms. The Hall–Kier alpha value is -1.06. The van der Waals surface area contributed by atoms with Crippen molar-refractivity contribution in [1.82, 2.24) is 5.32 Å². The average Bonchev–Trinajstić information content (AvgIpc) is 2.02. The van der Waals surface area contributed by atoms with Crippen LogP contribution in [0.3, 0.4) is 0 Å². The van der Waals surface area contributed by atoms with Crippen molar-refractivity contribution in [2.75, 3.05) is 0 Å². The van der Waals surface area contributed by atoms with Gasteiger partial charge in [0, 0.05) is 6.42 Å². The second-order valence-electron chi connectivity index (χ2n) is 3.08. The Morgan fingerprint density at radius 1 is 1.15 bits per heavy atom. The highest BCUT2D eigenvalue weighted by Crippen LogP contribution is 2.04. The van der Waals surface area contributed by atoms with Crippen LogP contribution < -0.4 is 11.1 Å². The monoisotopic (exact) mass is 186 g/mol. The van der Waals surface area contributed by atoms with Gasteiger partial charge in [0.2, 0.25) is 5.91 Å². The summed E-state index contributed by atoms with van der Waals surface area (Å²) in [5, 5.41) is 2.03. The zero-order chi connectivity index (χ0) is 10.1. The van der Waals surface area contributed by atoms with Crippen molar-refractivity contribution >= 4 is 11.9 Å². The molecule has 0 aliphatic carbocycles. The van der Waals surface area contributed by atoms with Gasteiger partial charge in [-0.05, 0) is 6.42 Å². The number of urea groups is 1. The summed E-state index contributed by atoms with van der Waals surface area (Å²) in [5.74, 6) is -0.274. The molecule has 0 atom stereocenters. The number of imide groups is 1. The number of nitrogens with two attached hydrogens (primary N) is 1. The van der Waals surface area contributed by atoms with E-state index in [0.717, 1.165) is 19.3 Å². The lowest BCUT2D eigenvalue weighted by atomic mass is 10.1. The molecule has 0 aliphatic heterocycles. The van der Waals surface area contributed by atoms with Gasteiger partial charge in [0.1, 0.15) is 0 Å². The molecule has 0 radical (unpaired) electrons. The first-order valence-electron chi connectivity index (χ1n) is 4.76. The smallest absolute Gasteiger partial charge is 0.318 e. The quantitative estimate of drug-likeness (QED) is 0.617. The Morgan fingerprint density at radius 3 is 2.31 bits per heavy atom. The molecule has 0 aliphatic rings. The minimum absolute atomic E-state index is 0.274. The van der Waals surface area contributed by atoms with Crippen LogP contribution in [0, 0.1) is 0 Å². The van der Waals surface area contributed by atoms with Gasteiger partial charge in [-0.15, -0.1) is 0 Å². The highest BCUT2D eigenvalue weighted by Gasteiger charge is 2.02. The van der Waals surface area contributed by atoms with E-state index < -0.39 is 6.03 Å². The topological polar surface area (TPSA) is 72.2 Å². The summed E-state index contributed by atoms with van der Waals surface area (Å²) in [6.45, 7) is 2.14. The summed E-state index contributed by atoms with van der Waals surface area (Å²) in [6, 6.07) is -0.765. The summed E-state index contributed by atoms with van der Waals surface area (Å²) in [4.78, 5) is 21.1. The van der Waals surface area contributed by atoms with Crippen LogP contribution in [0.5, 0.6) is 0 Å². The van der Waals surface area contributed by atoms with Crippen LogP contribution >= 0.6 is 0 Å². The van der Waals surface area contributed by atoms with Crippen LogP contribution in [0.4, 0.5) is 4.79 Å². The maximum atomic E-state index is 10.9. The van der Waals surface area contributed by atoms with Gasteiger partial charge in [-0.1, -0.05) is 32.6 Å². The predicted molar refractivity (Wildman–Crippen MR) is 51.1 cm³/mol. The fourth-order valence-corrected chi connectivity index (χ4v) is 1.09. The number of primary amides is 1. The lowest BCUT2D eigenvalue weighted by Gasteiger charge is -2.00. The highest BCUT2D eigenvalue weighted by molar-refractivity contribution is 5.93. The van der Waals surface area contributed by atoms with E-state index in [1.165, 1.54) is 12.8 Å². The molecular formula is C9H18N2O2. The van der Waals surface area contributed by atoms with E-state index in [1.54, 1.807) is 0 Å². The highest BCUT2D eigenvalue weighted by atomic mass is 16.2. The van der Waals surface area contributed by atoms with E-state index in [4.69, 9.17) is 5.73 Å². The summed E-state index contributed by atoms with van der Waals surface area (Å²) < 4.78 is 0. The average molecular weight is 186 g/mol. The number of hydrogen-bond donors (Lipinski definition) is 2. The number of unbranched alkanes of at least 4 members (excludes halogenated alkanes) is 4. The van der Waals surface area contributed by atoms with Crippen LogP contribution in [-0.4, -0.2) is 11.9 Å². The molecular weight excluding hydrogens is 168 g/mol. The maximum Gasteiger partial charge on any atom is 0.318 e. The molecule has 76 valence electrons. The van der Waals surface area contributed by atoms with Crippen LogP contribution in [-0.2, 0) is 4.79 Å². The van der Waals surface area contributed by atoms with E-state index in [1.807, 2.05) is 5.32 Å². The fraction of sp³-hybridized carbons (Fsp3) is 0.778. The Morgan fingerprint density at radius 2 is 1.77 bits per heavy atom. The SMILES string of the molecule is CCCCCCCC(=O)NC(N)=O. The minimum atomic E-state index is -0.765. The Bertz CT molecular complexity index is 169. The number of amides is 3. The van der Waals surface area contributed by atoms with Crippen molar-refractivity contribution in [3.63, 3.8) is 0 Å². The minimum Gasteiger partial charge on any atom is -0.351 e. The molecule has 0 unspecified atom stereocenters. The third kappa shape index (κ3) is 8.85. The molecule has 0 aromatic heterocycles. The van der Waals surface area contributed by atoms with Crippen LogP contribution in [0.15, 0.2) is 0 Å². The van der Waals surface area contributed by atoms with Crippen LogP contribution in [0.25, 0.3) is 0 Å². The van der Waals surface area contributed by atoms with Gasteiger partial charge in [0.25, 0.3) is 0 Å². The molecule has 0 saturated carbocycles. The molecule has 0 aromatic rings. The summed E-state index contributed by atoms with van der Waals surface area (Å²) in [6.07, 6.45) is 5.82. The Kier molecular flexibility index (Phi) is 6.96. The van der Waals surface area contributed by atoms with E-state index in [-0.39, 0.29) is 5.91 Å². The molecule has 4 heteroatoms. The molecule has 4 nitrogen and oxygen atoms in total. The first-order valence-corrected chi connectivity index (χ1v) is 4.76. The Labute approximate surface area is 78.9 Å². The molecule has 0 rings (SSSR count). The number of carbonyl (C=O) groups excluding carboxylic acids is 2. The van der Waals surface area contributed by atoms with Gasteiger partial charge in [0.15, 0.2) is 0 Å². The molecule has 13 heavy (non-hydrogen) atoms. The molecule has 3 amide bonds. The van der Waals surface area contributed by atoms with Crippen LogP contribution in [0.2, 0.25) is 0 Å². The zero-order valence-electron chi connectivity index (χ0n) is 8.14. The number of hydrogen-bond acceptors (Lipinski definition) is 2. The van der Waals surface area contributed by atoms with E-state index in [0.29, 0.717) is 6.42 Å². The summed E-state index contributed by atoms with van der Waals surface area (Å²) >= 11 is 0. The number of nitrogens with one attached hydrogen (secondary N) is 1. The molecule has 0 heterocycles. The zero-order valence-corrected chi connectivity index (χ0v) is 8.14. The van der Waals surface area contributed by atoms with Gasteiger partial charge in [-0.25, -0.2) is 4.79 Å². The van der Waals surface area contributed by atoms with Crippen molar-refractivity contribution < 1.29 is 9.59 Å². The third-order valence-electron chi connectivity index (χ3n) is 1.77. The van der Waals surface area contributed by atoms with Crippen LogP contribution in [0.1, 0.15) is 45.4 Å². The lowest BCUT2D eigenvalue weighted by molar-refractivity contribution is -0.120. The predicted octanol–water partition coefficient (Wildman–Crippen LogP) is 1.54. The standard InChI is InChI=1S/C9H18N2O2/c1-2-3-4-5-6-7-8(12)11-9(10)13/h2-7H2,1H3,(H3,10,11,12,13). The molecule has 0 saturated heterocycles. The van der Waals surface area contributed by atoms with Crippen molar-refractivity contribution in [1.29, 1.82) is 0 Å². The summed E-state index contributed by atoms with van der Waals surface area (Å²) in [5.41, 5.74) is 4.77. The van der Waals surface area contributed by atoms with E-state index in [9.17, 15) is 9.59 Å². The lowest BCUT2D eigenvalue weighted by Crippen LogP contribution is -2.34.